The molecule has 0 saturated carbocycles. The molecule has 17 heavy (non-hydrogen) atoms. The minimum absolute atomic E-state index is 0.493. The average molecular weight is 236 g/mol. The molecule has 2 heterocycles. The minimum atomic E-state index is 0.493. The first-order chi connectivity index (χ1) is 8.06. The fourth-order valence-electron chi connectivity index (χ4n) is 2.69. The molecule has 1 aliphatic rings. The number of piperidine rings is 1. The quantitative estimate of drug-likeness (QED) is 0.874. The van der Waals surface area contributed by atoms with E-state index in [2.05, 4.69) is 23.8 Å². The molecule has 0 radical (unpaired) electrons. The lowest BCUT2D eigenvalue weighted by Gasteiger charge is -2.33. The molecule has 0 unspecified atom stereocenters. The number of nitrogen functional groups attached to an aromatic ring is 1. The van der Waals surface area contributed by atoms with Gasteiger partial charge in [-0.05, 0) is 25.7 Å². The fraction of sp³-hybridized carbons (Fsp3) is 0.769. The van der Waals surface area contributed by atoms with E-state index in [1.54, 1.807) is 0 Å². The van der Waals surface area contributed by atoms with Crippen LogP contribution in [-0.2, 0) is 0 Å². The van der Waals surface area contributed by atoms with Crippen molar-refractivity contribution in [3.63, 3.8) is 0 Å². The number of anilines is 1. The van der Waals surface area contributed by atoms with Crippen molar-refractivity contribution in [2.24, 2.45) is 5.92 Å². The lowest BCUT2D eigenvalue weighted by Crippen LogP contribution is -2.37. The SMILES string of the molecule is Cc1cc(N)n(C2CCN(CC(C)C)CC2)n1. The van der Waals surface area contributed by atoms with Gasteiger partial charge in [-0.25, -0.2) is 4.68 Å². The van der Waals surface area contributed by atoms with Crippen LogP contribution in [0.25, 0.3) is 0 Å². The van der Waals surface area contributed by atoms with Gasteiger partial charge in [-0.3, -0.25) is 0 Å². The molecule has 0 aliphatic carbocycles. The van der Waals surface area contributed by atoms with Crippen molar-refractivity contribution in [3.05, 3.63) is 11.8 Å². The average Bonchev–Trinajstić information content (AvgIpc) is 2.58. The molecule has 0 spiro atoms. The van der Waals surface area contributed by atoms with Crippen molar-refractivity contribution in [1.29, 1.82) is 0 Å². The predicted octanol–water partition coefficient (Wildman–Crippen LogP) is 2.07. The number of aryl methyl sites for hydroxylation is 1. The van der Waals surface area contributed by atoms with E-state index in [1.165, 1.54) is 19.6 Å². The molecule has 96 valence electrons. The number of nitrogens with zero attached hydrogens (tertiary/aromatic N) is 3. The molecule has 0 aromatic carbocycles. The second kappa shape index (κ2) is 5.08. The summed E-state index contributed by atoms with van der Waals surface area (Å²) in [6.07, 6.45) is 2.33. The first-order valence-electron chi connectivity index (χ1n) is 6.60. The van der Waals surface area contributed by atoms with Crippen LogP contribution in [0.2, 0.25) is 0 Å². The van der Waals surface area contributed by atoms with Gasteiger partial charge in [0.1, 0.15) is 5.82 Å². The molecule has 2 N–H and O–H groups in total. The number of rotatable bonds is 3. The Morgan fingerprint density at radius 3 is 2.53 bits per heavy atom. The largest absolute Gasteiger partial charge is 0.384 e. The molecule has 0 amide bonds. The van der Waals surface area contributed by atoms with E-state index in [4.69, 9.17) is 5.73 Å². The van der Waals surface area contributed by atoms with Crippen molar-refractivity contribution >= 4 is 5.82 Å². The molecule has 1 aromatic heterocycles. The van der Waals surface area contributed by atoms with Gasteiger partial charge in [0.05, 0.1) is 11.7 Å². The first kappa shape index (κ1) is 12.4. The zero-order valence-electron chi connectivity index (χ0n) is 11.2. The highest BCUT2D eigenvalue weighted by molar-refractivity contribution is 5.30. The molecule has 4 heteroatoms. The highest BCUT2D eigenvalue weighted by atomic mass is 15.3. The second-order valence-corrected chi connectivity index (χ2v) is 5.58. The number of hydrogen-bond donors (Lipinski definition) is 1. The summed E-state index contributed by atoms with van der Waals surface area (Å²) in [6.45, 7) is 10.1. The maximum Gasteiger partial charge on any atom is 0.122 e. The summed E-state index contributed by atoms with van der Waals surface area (Å²) in [6, 6.07) is 2.45. The van der Waals surface area contributed by atoms with Gasteiger partial charge in [0.2, 0.25) is 0 Å². The number of hydrogen-bond acceptors (Lipinski definition) is 3. The monoisotopic (exact) mass is 236 g/mol. The Kier molecular flexibility index (Phi) is 3.72. The van der Waals surface area contributed by atoms with Crippen LogP contribution in [0.5, 0.6) is 0 Å². The van der Waals surface area contributed by atoms with Crippen molar-refractivity contribution in [2.45, 2.75) is 39.7 Å². The summed E-state index contributed by atoms with van der Waals surface area (Å²) in [5, 5.41) is 4.49. The second-order valence-electron chi connectivity index (χ2n) is 5.58. The Balaban J connectivity index is 1.93. The van der Waals surface area contributed by atoms with Gasteiger partial charge >= 0.3 is 0 Å². The summed E-state index contributed by atoms with van der Waals surface area (Å²) in [5.41, 5.74) is 6.99. The predicted molar refractivity (Wildman–Crippen MR) is 70.9 cm³/mol. The third-order valence-corrected chi connectivity index (χ3v) is 3.41. The van der Waals surface area contributed by atoms with Crippen LogP contribution < -0.4 is 5.73 Å². The molecular formula is C13H24N4. The summed E-state index contributed by atoms with van der Waals surface area (Å²) >= 11 is 0. The molecule has 1 fully saturated rings. The molecule has 0 bridgehead atoms. The molecular weight excluding hydrogens is 212 g/mol. The van der Waals surface area contributed by atoms with Gasteiger partial charge in [-0.15, -0.1) is 0 Å². The molecule has 4 nitrogen and oxygen atoms in total. The van der Waals surface area contributed by atoms with E-state index in [1.807, 2.05) is 17.7 Å². The highest BCUT2D eigenvalue weighted by Gasteiger charge is 2.22. The summed E-state index contributed by atoms with van der Waals surface area (Å²) in [5.74, 6) is 1.56. The van der Waals surface area contributed by atoms with Crippen LogP contribution in [0, 0.1) is 12.8 Å². The van der Waals surface area contributed by atoms with E-state index in [0.717, 1.165) is 30.3 Å². The standard InChI is InChI=1S/C13H24N4/c1-10(2)9-16-6-4-12(5-7-16)17-13(14)8-11(3)15-17/h8,10,12H,4-7,9,14H2,1-3H3. The third-order valence-electron chi connectivity index (χ3n) is 3.41. The molecule has 2 rings (SSSR count). The Morgan fingerprint density at radius 1 is 1.41 bits per heavy atom. The number of likely N-dealkylation sites (tertiary alicyclic amines) is 1. The van der Waals surface area contributed by atoms with Gasteiger partial charge in [0.25, 0.3) is 0 Å². The Hall–Kier alpha value is -1.03. The lowest BCUT2D eigenvalue weighted by molar-refractivity contribution is 0.165. The summed E-state index contributed by atoms with van der Waals surface area (Å²) in [7, 11) is 0. The Labute approximate surface area is 104 Å². The first-order valence-corrected chi connectivity index (χ1v) is 6.60. The van der Waals surface area contributed by atoms with Crippen LogP contribution in [0.15, 0.2) is 6.07 Å². The van der Waals surface area contributed by atoms with Gasteiger partial charge in [0.15, 0.2) is 0 Å². The van der Waals surface area contributed by atoms with Crippen LogP contribution in [0.1, 0.15) is 38.4 Å². The lowest BCUT2D eigenvalue weighted by atomic mass is 10.0. The maximum absolute atomic E-state index is 5.97. The summed E-state index contributed by atoms with van der Waals surface area (Å²) < 4.78 is 2.02. The van der Waals surface area contributed by atoms with Gasteiger partial charge in [0, 0.05) is 25.7 Å². The number of nitrogens with two attached hydrogens (primary N) is 1. The maximum atomic E-state index is 5.97. The van der Waals surface area contributed by atoms with Crippen LogP contribution in [0.3, 0.4) is 0 Å². The van der Waals surface area contributed by atoms with E-state index >= 15 is 0 Å². The van der Waals surface area contributed by atoms with Crippen molar-refractivity contribution < 1.29 is 0 Å². The van der Waals surface area contributed by atoms with E-state index in [-0.39, 0.29) is 0 Å². The Bertz CT molecular complexity index is 361. The topological polar surface area (TPSA) is 47.1 Å². The van der Waals surface area contributed by atoms with E-state index in [9.17, 15) is 0 Å². The highest BCUT2D eigenvalue weighted by Crippen LogP contribution is 2.25. The number of aromatic nitrogens is 2. The normalized spacial score (nSPS) is 19.1. The van der Waals surface area contributed by atoms with E-state index in [0.29, 0.717) is 6.04 Å². The zero-order valence-corrected chi connectivity index (χ0v) is 11.2. The van der Waals surface area contributed by atoms with Crippen molar-refractivity contribution in [3.8, 4) is 0 Å². The third kappa shape index (κ3) is 3.00. The molecule has 0 atom stereocenters. The van der Waals surface area contributed by atoms with Crippen LogP contribution in [-0.4, -0.2) is 34.3 Å². The van der Waals surface area contributed by atoms with Crippen LogP contribution >= 0.6 is 0 Å². The van der Waals surface area contributed by atoms with E-state index < -0.39 is 0 Å². The van der Waals surface area contributed by atoms with Gasteiger partial charge in [-0.1, -0.05) is 13.8 Å². The van der Waals surface area contributed by atoms with Crippen molar-refractivity contribution in [1.82, 2.24) is 14.7 Å². The summed E-state index contributed by atoms with van der Waals surface area (Å²) in [4.78, 5) is 2.55. The smallest absolute Gasteiger partial charge is 0.122 e. The van der Waals surface area contributed by atoms with Gasteiger partial charge < -0.3 is 10.6 Å². The minimum Gasteiger partial charge on any atom is -0.384 e. The van der Waals surface area contributed by atoms with Crippen LogP contribution in [0.4, 0.5) is 5.82 Å². The molecule has 1 aliphatic heterocycles. The zero-order chi connectivity index (χ0) is 12.4. The molecule has 1 aromatic rings. The van der Waals surface area contributed by atoms with Gasteiger partial charge in [-0.2, -0.15) is 5.10 Å². The molecule has 1 saturated heterocycles. The van der Waals surface area contributed by atoms with Crippen molar-refractivity contribution in [2.75, 3.05) is 25.4 Å². The fourth-order valence-corrected chi connectivity index (χ4v) is 2.69. The Morgan fingerprint density at radius 2 is 2.06 bits per heavy atom.